The summed E-state index contributed by atoms with van der Waals surface area (Å²) >= 11 is 0. The van der Waals surface area contributed by atoms with E-state index in [-0.39, 0.29) is 37.9 Å². The standard InChI is InChI=1S/C23H34N4O7/c28-14-21-18(26-23(30)25-16-2-5-19-20(12-16)33-15-32-19)4-3-17(34-21)13-22(29)24-6-1-7-27-8-10-31-11-9-27/h2,5,12,17-18,21,28H,1,3-4,6-11,13-15H2,(H,24,29)(H2,25,26,30)/t17-,18+,21-/m1/s1. The Hall–Kier alpha value is -2.60. The van der Waals surface area contributed by atoms with E-state index in [4.69, 9.17) is 18.9 Å². The molecule has 1 aromatic carbocycles. The van der Waals surface area contributed by atoms with Gasteiger partial charge >= 0.3 is 6.03 Å². The van der Waals surface area contributed by atoms with Gasteiger partial charge in [0.25, 0.3) is 0 Å². The van der Waals surface area contributed by atoms with Crippen LogP contribution in [0.25, 0.3) is 0 Å². The minimum Gasteiger partial charge on any atom is -0.454 e. The van der Waals surface area contributed by atoms with E-state index in [1.807, 2.05) is 0 Å². The Labute approximate surface area is 199 Å². The van der Waals surface area contributed by atoms with Crippen molar-refractivity contribution in [2.45, 2.75) is 43.9 Å². The Kier molecular flexibility index (Phi) is 8.80. The van der Waals surface area contributed by atoms with Gasteiger partial charge in [-0.05, 0) is 37.9 Å². The number of fused-ring (bicyclic) bond motifs is 1. The lowest BCUT2D eigenvalue weighted by Crippen LogP contribution is -2.52. The summed E-state index contributed by atoms with van der Waals surface area (Å²) in [5.74, 6) is 1.16. The number of benzene rings is 1. The predicted octanol–water partition coefficient (Wildman–Crippen LogP) is 0.674. The largest absolute Gasteiger partial charge is 0.454 e. The molecule has 11 heteroatoms. The number of aliphatic hydroxyl groups excluding tert-OH is 1. The first kappa shape index (κ1) is 24.5. The Balaban J connectivity index is 1.15. The molecule has 2 saturated heterocycles. The molecule has 4 rings (SSSR count). The maximum Gasteiger partial charge on any atom is 0.319 e. The van der Waals surface area contributed by atoms with Crippen LogP contribution in [0.4, 0.5) is 10.5 Å². The van der Waals surface area contributed by atoms with Gasteiger partial charge in [0.15, 0.2) is 11.5 Å². The number of anilines is 1. The van der Waals surface area contributed by atoms with Gasteiger partial charge in [0.1, 0.15) is 6.10 Å². The van der Waals surface area contributed by atoms with Crippen LogP contribution in [-0.4, -0.2) is 93.0 Å². The number of ether oxygens (including phenoxy) is 4. The molecule has 1 aromatic rings. The Morgan fingerprint density at radius 1 is 1.12 bits per heavy atom. The molecule has 34 heavy (non-hydrogen) atoms. The highest BCUT2D eigenvalue weighted by Gasteiger charge is 2.33. The lowest BCUT2D eigenvalue weighted by atomic mass is 9.97. The molecule has 0 aliphatic carbocycles. The highest BCUT2D eigenvalue weighted by molar-refractivity contribution is 5.90. The van der Waals surface area contributed by atoms with Crippen LogP contribution in [0.5, 0.6) is 11.5 Å². The molecule has 0 aromatic heterocycles. The van der Waals surface area contributed by atoms with Crippen molar-refractivity contribution in [3.05, 3.63) is 18.2 Å². The van der Waals surface area contributed by atoms with E-state index in [0.717, 1.165) is 39.3 Å². The van der Waals surface area contributed by atoms with E-state index < -0.39 is 12.1 Å². The Morgan fingerprint density at radius 3 is 2.76 bits per heavy atom. The summed E-state index contributed by atoms with van der Waals surface area (Å²) in [5.41, 5.74) is 0.571. The second-order valence-electron chi connectivity index (χ2n) is 8.69. The molecule has 0 unspecified atom stereocenters. The van der Waals surface area contributed by atoms with E-state index in [9.17, 15) is 14.7 Å². The molecule has 0 bridgehead atoms. The second-order valence-corrected chi connectivity index (χ2v) is 8.69. The van der Waals surface area contributed by atoms with Crippen LogP contribution in [0.3, 0.4) is 0 Å². The molecule has 0 saturated carbocycles. The molecular formula is C23H34N4O7. The van der Waals surface area contributed by atoms with Gasteiger partial charge in [-0.25, -0.2) is 4.79 Å². The normalized spacial score (nSPS) is 24.4. The van der Waals surface area contributed by atoms with Gasteiger partial charge in [-0.2, -0.15) is 0 Å². The van der Waals surface area contributed by atoms with Gasteiger partial charge in [-0.15, -0.1) is 0 Å². The summed E-state index contributed by atoms with van der Waals surface area (Å²) in [6.45, 7) is 4.91. The fourth-order valence-corrected chi connectivity index (χ4v) is 4.39. The number of hydrogen-bond donors (Lipinski definition) is 4. The number of rotatable bonds is 9. The van der Waals surface area contributed by atoms with Crippen molar-refractivity contribution in [1.29, 1.82) is 0 Å². The van der Waals surface area contributed by atoms with Gasteiger partial charge in [0.2, 0.25) is 12.7 Å². The minimum atomic E-state index is -0.574. The number of nitrogens with one attached hydrogen (secondary N) is 3. The van der Waals surface area contributed by atoms with Crippen LogP contribution in [-0.2, 0) is 14.3 Å². The van der Waals surface area contributed by atoms with Gasteiger partial charge in [0, 0.05) is 31.4 Å². The molecule has 188 valence electrons. The van der Waals surface area contributed by atoms with Crippen LogP contribution in [0.2, 0.25) is 0 Å². The molecule has 3 atom stereocenters. The topological polar surface area (TPSA) is 131 Å². The number of carbonyl (C=O) groups is 2. The van der Waals surface area contributed by atoms with E-state index >= 15 is 0 Å². The van der Waals surface area contributed by atoms with E-state index in [2.05, 4.69) is 20.9 Å². The smallest absolute Gasteiger partial charge is 0.319 e. The number of aliphatic hydroxyl groups is 1. The highest BCUT2D eigenvalue weighted by Crippen LogP contribution is 2.34. The zero-order valence-electron chi connectivity index (χ0n) is 19.3. The number of carbonyl (C=O) groups excluding carboxylic acids is 2. The summed E-state index contributed by atoms with van der Waals surface area (Å²) in [6.07, 6.45) is 1.49. The maximum absolute atomic E-state index is 12.5. The summed E-state index contributed by atoms with van der Waals surface area (Å²) in [4.78, 5) is 27.1. The first-order chi connectivity index (χ1) is 16.6. The third kappa shape index (κ3) is 6.95. The Bertz CT molecular complexity index is 834. The third-order valence-electron chi connectivity index (χ3n) is 6.23. The van der Waals surface area contributed by atoms with Crippen LogP contribution >= 0.6 is 0 Å². The summed E-state index contributed by atoms with van der Waals surface area (Å²) in [7, 11) is 0. The molecule has 11 nitrogen and oxygen atoms in total. The fourth-order valence-electron chi connectivity index (χ4n) is 4.39. The summed E-state index contributed by atoms with van der Waals surface area (Å²) in [5, 5.41) is 18.4. The molecule has 3 aliphatic rings. The first-order valence-corrected chi connectivity index (χ1v) is 11.9. The monoisotopic (exact) mass is 478 g/mol. The zero-order valence-corrected chi connectivity index (χ0v) is 19.3. The maximum atomic E-state index is 12.5. The molecule has 0 spiro atoms. The number of amides is 3. The lowest BCUT2D eigenvalue weighted by Gasteiger charge is -2.36. The zero-order chi connectivity index (χ0) is 23.8. The molecule has 3 heterocycles. The van der Waals surface area contributed by atoms with Crippen molar-refractivity contribution in [1.82, 2.24) is 15.5 Å². The third-order valence-corrected chi connectivity index (χ3v) is 6.23. The van der Waals surface area contributed by atoms with E-state index in [0.29, 0.717) is 36.6 Å². The van der Waals surface area contributed by atoms with Crippen molar-refractivity contribution in [3.63, 3.8) is 0 Å². The average Bonchev–Trinajstić information content (AvgIpc) is 3.31. The molecule has 0 radical (unpaired) electrons. The van der Waals surface area contributed by atoms with Crippen LogP contribution in [0.15, 0.2) is 18.2 Å². The molecule has 2 fully saturated rings. The minimum absolute atomic E-state index is 0.0596. The van der Waals surface area contributed by atoms with Gasteiger partial charge in [0.05, 0.1) is 38.4 Å². The number of hydrogen-bond acceptors (Lipinski definition) is 8. The Morgan fingerprint density at radius 2 is 1.94 bits per heavy atom. The number of urea groups is 1. The predicted molar refractivity (Wildman–Crippen MR) is 123 cm³/mol. The second kappa shape index (κ2) is 12.2. The lowest BCUT2D eigenvalue weighted by molar-refractivity contribution is -0.130. The van der Waals surface area contributed by atoms with E-state index in [1.54, 1.807) is 18.2 Å². The molecule has 3 amide bonds. The number of morpholine rings is 1. The quantitative estimate of drug-likeness (QED) is 0.381. The van der Waals surface area contributed by atoms with Crippen LogP contribution in [0.1, 0.15) is 25.7 Å². The summed E-state index contributed by atoms with van der Waals surface area (Å²) in [6, 6.07) is 4.40. The van der Waals surface area contributed by atoms with Crippen LogP contribution in [0, 0.1) is 0 Å². The number of nitrogens with zero attached hydrogens (tertiary/aromatic N) is 1. The van der Waals surface area contributed by atoms with Gasteiger partial charge < -0.3 is 40.0 Å². The van der Waals surface area contributed by atoms with E-state index in [1.165, 1.54) is 0 Å². The van der Waals surface area contributed by atoms with Crippen LogP contribution < -0.4 is 25.4 Å². The summed E-state index contributed by atoms with van der Waals surface area (Å²) < 4.78 is 21.8. The van der Waals surface area contributed by atoms with Crippen molar-refractivity contribution in [2.24, 2.45) is 0 Å². The van der Waals surface area contributed by atoms with Gasteiger partial charge in [-0.3, -0.25) is 9.69 Å². The first-order valence-electron chi connectivity index (χ1n) is 11.9. The SMILES string of the molecule is O=C(C[C@H]1CC[C@H](NC(=O)Nc2ccc3c(c2)OCO3)[C@@H](CO)O1)NCCCN1CCOCC1. The van der Waals surface area contributed by atoms with Gasteiger partial charge in [-0.1, -0.05) is 0 Å². The average molecular weight is 479 g/mol. The van der Waals surface area contributed by atoms with Crippen molar-refractivity contribution in [2.75, 3.05) is 58.1 Å². The fraction of sp³-hybridized carbons (Fsp3) is 0.652. The molecule has 4 N–H and O–H groups in total. The molecule has 3 aliphatic heterocycles. The van der Waals surface area contributed by atoms with Crippen molar-refractivity contribution < 1.29 is 33.6 Å². The highest BCUT2D eigenvalue weighted by atomic mass is 16.7. The van der Waals surface area contributed by atoms with Crippen molar-refractivity contribution in [3.8, 4) is 11.5 Å². The van der Waals surface area contributed by atoms with Crippen molar-refractivity contribution >= 4 is 17.6 Å². The molecular weight excluding hydrogens is 444 g/mol.